The van der Waals surface area contributed by atoms with Gasteiger partial charge in [-0.3, -0.25) is 0 Å². The van der Waals surface area contributed by atoms with Crippen molar-refractivity contribution in [2.75, 3.05) is 6.61 Å². The molecule has 0 radical (unpaired) electrons. The van der Waals surface area contributed by atoms with E-state index in [2.05, 4.69) is 6.92 Å². The van der Waals surface area contributed by atoms with E-state index in [1.807, 2.05) is 0 Å². The van der Waals surface area contributed by atoms with Crippen molar-refractivity contribution in [3.8, 4) is 5.75 Å². The minimum atomic E-state index is -5.56. The van der Waals surface area contributed by atoms with E-state index in [-0.39, 0.29) is 0 Å². The Morgan fingerprint density at radius 2 is 1.71 bits per heavy atom. The standard InChI is InChI=1S/C14H25NO7P2/c1-2-3-4-5-6-10-22-13-8-7-9-15(11-13)12-14(23(16,17)18)24(19,20)21/h7-9,11,14H,2-6,10,12H2,1H3,(H3-,16,17,18,19,20,21)/p-3. The van der Waals surface area contributed by atoms with Crippen LogP contribution >= 0.6 is 15.2 Å². The Bertz CT molecular complexity index is 577. The lowest BCUT2D eigenvalue weighted by molar-refractivity contribution is -0.696. The zero-order valence-corrected chi connectivity index (χ0v) is 15.3. The molecule has 0 spiro atoms. The first kappa shape index (κ1) is 21.3. The lowest BCUT2D eigenvalue weighted by Gasteiger charge is -2.47. The van der Waals surface area contributed by atoms with Crippen LogP contribution in [0.5, 0.6) is 5.75 Å². The van der Waals surface area contributed by atoms with E-state index in [0.717, 1.165) is 30.3 Å². The van der Waals surface area contributed by atoms with Crippen LogP contribution < -0.4 is 28.9 Å². The van der Waals surface area contributed by atoms with Gasteiger partial charge in [0, 0.05) is 6.07 Å². The number of nitrogens with zero attached hydrogens (tertiary/aromatic N) is 1. The van der Waals surface area contributed by atoms with Crippen molar-refractivity contribution >= 4 is 15.2 Å². The van der Waals surface area contributed by atoms with Gasteiger partial charge in [-0.05, 0) is 12.5 Å². The lowest BCUT2D eigenvalue weighted by atomic mass is 10.2. The summed E-state index contributed by atoms with van der Waals surface area (Å²) in [4.78, 5) is 44.1. The number of aromatic nitrogens is 1. The second-order valence-corrected chi connectivity index (χ2v) is 9.37. The predicted octanol–water partition coefficient (Wildman–Crippen LogP) is -0.523. The first-order chi connectivity index (χ1) is 11.1. The van der Waals surface area contributed by atoms with E-state index in [4.69, 9.17) is 4.74 Å². The maximum absolute atomic E-state index is 11.0. The number of rotatable bonds is 11. The number of pyridine rings is 1. The molecule has 0 saturated carbocycles. The Hall–Kier alpha value is -0.750. The van der Waals surface area contributed by atoms with E-state index in [1.165, 1.54) is 24.9 Å². The van der Waals surface area contributed by atoms with Gasteiger partial charge in [-0.15, -0.1) is 0 Å². The van der Waals surface area contributed by atoms with Crippen molar-refractivity contribution < 1.29 is 38.0 Å². The maximum atomic E-state index is 11.0. The third-order valence-corrected chi connectivity index (χ3v) is 6.94. The topological polar surface area (TPSA) is 139 Å². The number of hydrogen-bond acceptors (Lipinski definition) is 7. The maximum Gasteiger partial charge on any atom is 0.211 e. The SMILES string of the molecule is CCCCCCCOc1ccc[n+](CC(P(=O)([O-])[O-])P(=O)([O-])[O-])c1. The highest BCUT2D eigenvalue weighted by molar-refractivity contribution is 7.68. The second-order valence-electron chi connectivity index (χ2n) is 5.56. The summed E-state index contributed by atoms with van der Waals surface area (Å²) in [7, 11) is -11.1. The fourth-order valence-corrected chi connectivity index (χ4v) is 4.32. The minimum absolute atomic E-state index is 0.407. The normalized spacial score (nSPS) is 12.6. The number of hydrogen-bond donors (Lipinski definition) is 0. The zero-order valence-electron chi connectivity index (χ0n) is 13.5. The van der Waals surface area contributed by atoms with E-state index in [1.54, 1.807) is 6.07 Å². The summed E-state index contributed by atoms with van der Waals surface area (Å²) in [5, 5.41) is -2.51. The second kappa shape index (κ2) is 9.66. The number of unbranched alkanes of at least 4 members (excludes halogenated alkanes) is 4. The average molecular weight is 378 g/mol. The summed E-state index contributed by atoms with van der Waals surface area (Å²) in [6.45, 7) is 1.85. The molecule has 0 aliphatic heterocycles. The molecule has 0 amide bonds. The fraction of sp³-hybridized carbons (Fsp3) is 0.643. The molecule has 138 valence electrons. The fourth-order valence-electron chi connectivity index (χ4n) is 2.15. The molecule has 0 fully saturated rings. The van der Waals surface area contributed by atoms with Crippen LogP contribution in [0, 0.1) is 0 Å². The number of ether oxygens (including phenoxy) is 1. The molecule has 0 aliphatic carbocycles. The Labute approximate surface area is 141 Å². The van der Waals surface area contributed by atoms with Gasteiger partial charge in [0.15, 0.2) is 18.5 Å². The van der Waals surface area contributed by atoms with Gasteiger partial charge in [0.25, 0.3) is 0 Å². The van der Waals surface area contributed by atoms with Gasteiger partial charge >= 0.3 is 0 Å². The van der Waals surface area contributed by atoms with Crippen LogP contribution in [0.15, 0.2) is 24.5 Å². The molecule has 1 aromatic heterocycles. The highest BCUT2D eigenvalue weighted by atomic mass is 31.2. The summed E-state index contributed by atoms with van der Waals surface area (Å²) in [5.74, 6) is 0.407. The largest absolute Gasteiger partial charge is 0.810 e. The quantitative estimate of drug-likeness (QED) is 0.287. The third kappa shape index (κ3) is 7.88. The van der Waals surface area contributed by atoms with Crippen molar-refractivity contribution in [1.82, 2.24) is 0 Å². The summed E-state index contributed by atoms with van der Waals surface area (Å²) < 4.78 is 28.7. The van der Waals surface area contributed by atoms with E-state index in [9.17, 15) is 28.7 Å². The van der Waals surface area contributed by atoms with Crippen molar-refractivity contribution in [3.63, 3.8) is 0 Å². The van der Waals surface area contributed by atoms with Gasteiger partial charge in [0.1, 0.15) is 0 Å². The van der Waals surface area contributed by atoms with Crippen LogP contribution in [-0.2, 0) is 15.7 Å². The molecule has 0 saturated heterocycles. The molecule has 0 bridgehead atoms. The van der Waals surface area contributed by atoms with Crippen molar-refractivity contribution in [1.29, 1.82) is 0 Å². The van der Waals surface area contributed by atoms with E-state index >= 15 is 0 Å². The average Bonchev–Trinajstić information content (AvgIpc) is 2.46. The molecule has 0 aromatic carbocycles. The molecule has 1 rings (SSSR count). The Morgan fingerprint density at radius 1 is 1.08 bits per heavy atom. The molecule has 0 aliphatic rings. The molecular formula is C14H22NO7P2-3. The Kier molecular flexibility index (Phi) is 8.57. The summed E-state index contributed by atoms with van der Waals surface area (Å²) >= 11 is 0. The van der Waals surface area contributed by atoms with Crippen LogP contribution in [0.25, 0.3) is 0 Å². The molecule has 1 aromatic rings. The van der Waals surface area contributed by atoms with E-state index < -0.39 is 27.1 Å². The minimum Gasteiger partial charge on any atom is -0.810 e. The van der Waals surface area contributed by atoms with Crippen LogP contribution in [-0.4, -0.2) is 12.0 Å². The summed E-state index contributed by atoms with van der Waals surface area (Å²) in [5.41, 5.74) is 0. The Morgan fingerprint density at radius 3 is 2.29 bits per heavy atom. The van der Waals surface area contributed by atoms with Gasteiger partial charge < -0.3 is 33.4 Å². The van der Waals surface area contributed by atoms with Crippen LogP contribution in [0.2, 0.25) is 0 Å². The highest BCUT2D eigenvalue weighted by Gasteiger charge is 2.22. The molecular weight excluding hydrogens is 356 g/mol. The highest BCUT2D eigenvalue weighted by Crippen LogP contribution is 2.50. The van der Waals surface area contributed by atoms with Crippen molar-refractivity contribution in [2.24, 2.45) is 0 Å². The summed E-state index contributed by atoms with van der Waals surface area (Å²) in [6, 6.07) is 3.14. The molecule has 0 unspecified atom stereocenters. The van der Waals surface area contributed by atoms with Crippen molar-refractivity contribution in [3.05, 3.63) is 24.5 Å². The zero-order chi connectivity index (χ0) is 18.2. The summed E-state index contributed by atoms with van der Waals surface area (Å²) in [6.07, 6.45) is 8.07. The smallest absolute Gasteiger partial charge is 0.211 e. The predicted molar refractivity (Wildman–Crippen MR) is 79.9 cm³/mol. The third-order valence-electron chi connectivity index (χ3n) is 3.45. The van der Waals surface area contributed by atoms with E-state index in [0.29, 0.717) is 12.4 Å². The van der Waals surface area contributed by atoms with Gasteiger partial charge in [0.2, 0.25) is 6.20 Å². The van der Waals surface area contributed by atoms with Crippen LogP contribution in [0.3, 0.4) is 0 Å². The van der Waals surface area contributed by atoms with Gasteiger partial charge in [-0.25, -0.2) is 4.57 Å². The molecule has 0 atom stereocenters. The van der Waals surface area contributed by atoms with Crippen LogP contribution in [0.4, 0.5) is 0 Å². The first-order valence-electron chi connectivity index (χ1n) is 7.80. The molecule has 10 heteroatoms. The molecule has 0 N–H and O–H groups in total. The monoisotopic (exact) mass is 378 g/mol. The first-order valence-corrected chi connectivity index (χ1v) is 11.0. The van der Waals surface area contributed by atoms with Crippen molar-refractivity contribution in [2.45, 2.75) is 51.0 Å². The lowest BCUT2D eigenvalue weighted by Crippen LogP contribution is -2.45. The Balaban J connectivity index is 2.64. The van der Waals surface area contributed by atoms with Gasteiger partial charge in [-0.1, -0.05) is 47.8 Å². The molecule has 1 heterocycles. The molecule has 24 heavy (non-hydrogen) atoms. The van der Waals surface area contributed by atoms with Crippen LogP contribution in [0.1, 0.15) is 39.0 Å². The van der Waals surface area contributed by atoms with Gasteiger partial charge in [0.05, 0.1) is 12.0 Å². The van der Waals surface area contributed by atoms with Gasteiger partial charge in [-0.2, -0.15) is 0 Å². The molecule has 8 nitrogen and oxygen atoms in total.